The molecule has 0 aliphatic heterocycles. The zero-order valence-electron chi connectivity index (χ0n) is 18.7. The maximum Gasteiger partial charge on any atom is 0.212 e. The molecule has 2 aromatic rings. The van der Waals surface area contributed by atoms with Crippen LogP contribution in [-0.4, -0.2) is 24.3 Å². The smallest absolute Gasteiger partial charge is 0.212 e. The fourth-order valence-corrected chi connectivity index (χ4v) is 8.09. The molecule has 0 spiro atoms. The van der Waals surface area contributed by atoms with Crippen LogP contribution in [0.4, 0.5) is 0 Å². The lowest BCUT2D eigenvalue weighted by atomic mass is 10.3. The van der Waals surface area contributed by atoms with E-state index in [0.29, 0.717) is 21.3 Å². The first-order valence-corrected chi connectivity index (χ1v) is 14.8. The molecule has 0 amide bonds. The van der Waals surface area contributed by atoms with E-state index in [1.54, 1.807) is 0 Å². The highest BCUT2D eigenvalue weighted by atomic mass is 35.5. The van der Waals surface area contributed by atoms with Crippen LogP contribution in [0, 0.1) is 0 Å². The summed E-state index contributed by atoms with van der Waals surface area (Å²) in [6, 6.07) is 14.7. The van der Waals surface area contributed by atoms with Gasteiger partial charge in [-0.1, -0.05) is 116 Å². The summed E-state index contributed by atoms with van der Waals surface area (Å²) in [4.78, 5) is 2.64. The van der Waals surface area contributed by atoms with Crippen LogP contribution in [-0.2, 0) is 9.47 Å². The Morgan fingerprint density at radius 2 is 0.865 bits per heavy atom. The summed E-state index contributed by atoms with van der Waals surface area (Å²) in [6.07, 6.45) is 0. The van der Waals surface area contributed by atoms with Crippen LogP contribution >= 0.6 is 116 Å². The standard InChI is InChI=1S/C24H14Cl8O3S2/c1-33-23(31)19(29)15(25)17(27)21(23)36-13-7-3-11(4-8-13)35-12-5-9-14(10-6-12)37-22-18(28)16(26)20(30)24(22,32)34-2/h3-10H,1-2H3. The molecule has 0 saturated carbocycles. The van der Waals surface area contributed by atoms with E-state index in [0.717, 1.165) is 9.79 Å². The van der Waals surface area contributed by atoms with Crippen molar-refractivity contribution in [1.82, 2.24) is 0 Å². The molecule has 4 rings (SSSR count). The number of ether oxygens (including phenoxy) is 3. The molecule has 2 aliphatic carbocycles. The Balaban J connectivity index is 1.43. The van der Waals surface area contributed by atoms with Gasteiger partial charge in [0.1, 0.15) is 11.5 Å². The van der Waals surface area contributed by atoms with Crippen LogP contribution in [0.2, 0.25) is 0 Å². The van der Waals surface area contributed by atoms with Gasteiger partial charge < -0.3 is 14.2 Å². The number of allylic oxidation sites excluding steroid dienone is 4. The highest BCUT2D eigenvalue weighted by Gasteiger charge is 2.47. The molecule has 37 heavy (non-hydrogen) atoms. The molecule has 0 heterocycles. The van der Waals surface area contributed by atoms with Crippen molar-refractivity contribution in [2.45, 2.75) is 19.9 Å². The minimum absolute atomic E-state index is 0.125. The average Bonchev–Trinajstić information content (AvgIpc) is 3.17. The third-order valence-electron chi connectivity index (χ3n) is 5.20. The molecule has 2 aliphatic rings. The van der Waals surface area contributed by atoms with E-state index < -0.39 is 10.1 Å². The van der Waals surface area contributed by atoms with E-state index in [1.165, 1.54) is 37.7 Å². The molecule has 13 heteroatoms. The normalized spacial score (nSPS) is 24.2. The van der Waals surface area contributed by atoms with E-state index >= 15 is 0 Å². The maximum atomic E-state index is 6.54. The predicted octanol–water partition coefficient (Wildman–Crippen LogP) is 11.1. The van der Waals surface area contributed by atoms with Crippen molar-refractivity contribution in [1.29, 1.82) is 0 Å². The summed E-state index contributed by atoms with van der Waals surface area (Å²) in [5, 5.41) is -1.77. The van der Waals surface area contributed by atoms with E-state index in [-0.39, 0.29) is 30.2 Å². The molecule has 0 aromatic heterocycles. The molecule has 0 bridgehead atoms. The van der Waals surface area contributed by atoms with Gasteiger partial charge in [0, 0.05) is 24.0 Å². The molecule has 0 radical (unpaired) electrons. The van der Waals surface area contributed by atoms with Gasteiger partial charge in [-0.05, 0) is 48.5 Å². The lowest BCUT2D eigenvalue weighted by Gasteiger charge is -2.24. The molecule has 0 N–H and O–H groups in total. The number of hydrogen-bond acceptors (Lipinski definition) is 5. The SMILES string of the molecule is COC1(Cl)C(Cl)=C(Cl)C(Cl)=C1Sc1ccc(Oc2ccc(SC3=C(Cl)C(Cl)=C(Cl)C3(Cl)OC)cc2)cc1. The van der Waals surface area contributed by atoms with Crippen LogP contribution in [0.1, 0.15) is 0 Å². The highest BCUT2D eigenvalue weighted by molar-refractivity contribution is 8.03. The van der Waals surface area contributed by atoms with Gasteiger partial charge >= 0.3 is 0 Å². The summed E-state index contributed by atoms with van der Waals surface area (Å²) >= 11 is 53.2. The lowest BCUT2D eigenvalue weighted by molar-refractivity contribution is 0.139. The van der Waals surface area contributed by atoms with Gasteiger partial charge in [0.05, 0.1) is 40.0 Å². The van der Waals surface area contributed by atoms with Crippen LogP contribution in [0.15, 0.2) is 98.3 Å². The molecule has 0 saturated heterocycles. The molecule has 2 aromatic carbocycles. The van der Waals surface area contributed by atoms with E-state index in [2.05, 4.69) is 0 Å². The summed E-state index contributed by atoms with van der Waals surface area (Å²) in [5.74, 6) is 1.25. The van der Waals surface area contributed by atoms with Crippen molar-refractivity contribution in [2.24, 2.45) is 0 Å². The second kappa shape index (κ2) is 11.9. The Labute approximate surface area is 262 Å². The summed E-state index contributed by atoms with van der Waals surface area (Å²) < 4.78 is 16.7. The zero-order valence-corrected chi connectivity index (χ0v) is 26.4. The third kappa shape index (κ3) is 5.68. The first kappa shape index (κ1) is 30.1. The first-order valence-electron chi connectivity index (χ1n) is 10.1. The Bertz CT molecular complexity index is 1250. The summed E-state index contributed by atoms with van der Waals surface area (Å²) in [7, 11) is 2.86. The van der Waals surface area contributed by atoms with E-state index in [4.69, 9.17) is 107 Å². The number of alkyl halides is 2. The maximum absolute atomic E-state index is 6.54. The lowest BCUT2D eigenvalue weighted by Crippen LogP contribution is -2.23. The third-order valence-corrected chi connectivity index (χ3v) is 12.1. The second-order valence-electron chi connectivity index (χ2n) is 7.39. The monoisotopic (exact) mass is 694 g/mol. The van der Waals surface area contributed by atoms with Crippen LogP contribution in [0.5, 0.6) is 11.5 Å². The Kier molecular flexibility index (Phi) is 9.71. The number of halogens is 8. The van der Waals surface area contributed by atoms with Crippen molar-refractivity contribution in [3.05, 3.63) is 88.5 Å². The number of hydrogen-bond donors (Lipinski definition) is 0. The van der Waals surface area contributed by atoms with Gasteiger partial charge in [0.2, 0.25) is 10.1 Å². The van der Waals surface area contributed by atoms with Crippen LogP contribution in [0.25, 0.3) is 0 Å². The molecule has 2 unspecified atom stereocenters. The number of thioether (sulfide) groups is 2. The minimum Gasteiger partial charge on any atom is -0.457 e. The Morgan fingerprint density at radius 3 is 1.16 bits per heavy atom. The molecular weight excluding hydrogens is 684 g/mol. The van der Waals surface area contributed by atoms with Crippen LogP contribution < -0.4 is 4.74 Å². The fourth-order valence-electron chi connectivity index (χ4n) is 3.26. The van der Waals surface area contributed by atoms with E-state index in [1.807, 2.05) is 48.5 Å². The van der Waals surface area contributed by atoms with Crippen molar-refractivity contribution in [3.8, 4) is 11.5 Å². The average molecular weight is 698 g/mol. The quantitative estimate of drug-likeness (QED) is 0.256. The Morgan fingerprint density at radius 1 is 0.541 bits per heavy atom. The first-order chi connectivity index (χ1) is 17.5. The molecule has 2 atom stereocenters. The van der Waals surface area contributed by atoms with Gasteiger partial charge in [0.15, 0.2) is 0 Å². The largest absolute Gasteiger partial charge is 0.457 e. The van der Waals surface area contributed by atoms with Crippen molar-refractivity contribution < 1.29 is 14.2 Å². The Hall–Kier alpha value is 0.140. The van der Waals surface area contributed by atoms with Gasteiger partial charge in [-0.25, -0.2) is 0 Å². The van der Waals surface area contributed by atoms with Crippen molar-refractivity contribution in [2.75, 3.05) is 14.2 Å². The second-order valence-corrected chi connectivity index (χ2v) is 12.9. The topological polar surface area (TPSA) is 27.7 Å². The van der Waals surface area contributed by atoms with Gasteiger partial charge in [-0.2, -0.15) is 0 Å². The zero-order chi connectivity index (χ0) is 27.1. The van der Waals surface area contributed by atoms with Crippen LogP contribution in [0.3, 0.4) is 0 Å². The van der Waals surface area contributed by atoms with Crippen molar-refractivity contribution >= 4 is 116 Å². The molecule has 196 valence electrons. The number of rotatable bonds is 8. The number of benzene rings is 2. The highest BCUT2D eigenvalue weighted by Crippen LogP contribution is 2.57. The van der Waals surface area contributed by atoms with E-state index in [9.17, 15) is 0 Å². The van der Waals surface area contributed by atoms with Gasteiger partial charge in [-0.3, -0.25) is 0 Å². The van der Waals surface area contributed by atoms with Crippen molar-refractivity contribution in [3.63, 3.8) is 0 Å². The number of methoxy groups -OCH3 is 2. The summed E-state index contributed by atoms with van der Waals surface area (Å²) in [5.41, 5.74) is 0. The minimum atomic E-state index is -1.42. The van der Waals surface area contributed by atoms with Gasteiger partial charge in [-0.15, -0.1) is 0 Å². The molecule has 3 nitrogen and oxygen atoms in total. The fraction of sp³-hybridized carbons (Fsp3) is 0.167. The predicted molar refractivity (Wildman–Crippen MR) is 159 cm³/mol. The molecular formula is C24H14Cl8O3S2. The van der Waals surface area contributed by atoms with Gasteiger partial charge in [0.25, 0.3) is 0 Å². The summed E-state index contributed by atoms with van der Waals surface area (Å²) in [6.45, 7) is 0. The molecule has 0 fully saturated rings.